The van der Waals surface area contributed by atoms with E-state index in [1.165, 1.54) is 19.1 Å². The van der Waals surface area contributed by atoms with Crippen LogP contribution in [0, 0.1) is 0 Å². The van der Waals surface area contributed by atoms with E-state index in [1.54, 1.807) is 13.0 Å². The first-order valence-corrected chi connectivity index (χ1v) is 4.87. The Morgan fingerprint density at radius 2 is 2.06 bits per heavy atom. The standard InChI is InChI=1S/C10H14BNO4/c1-6(13)8-3-4-10(12-7(2)14)9(5-8)11(15)16/h3-6,13,15-16H,1-2H3,(H,12,14). The van der Waals surface area contributed by atoms with Gasteiger partial charge in [-0.05, 0) is 18.6 Å². The van der Waals surface area contributed by atoms with Crippen LogP contribution in [0.25, 0.3) is 0 Å². The normalized spacial score (nSPS) is 12.1. The van der Waals surface area contributed by atoms with E-state index in [0.29, 0.717) is 11.3 Å². The van der Waals surface area contributed by atoms with Gasteiger partial charge in [0.2, 0.25) is 5.91 Å². The summed E-state index contributed by atoms with van der Waals surface area (Å²) in [5, 5.41) is 30.1. The second-order valence-corrected chi connectivity index (χ2v) is 3.58. The third-order valence-corrected chi connectivity index (χ3v) is 2.15. The van der Waals surface area contributed by atoms with Gasteiger partial charge in [-0.3, -0.25) is 4.79 Å². The van der Waals surface area contributed by atoms with Crippen LogP contribution in [-0.4, -0.2) is 28.2 Å². The highest BCUT2D eigenvalue weighted by Gasteiger charge is 2.18. The fourth-order valence-corrected chi connectivity index (χ4v) is 1.36. The lowest BCUT2D eigenvalue weighted by molar-refractivity contribution is -0.114. The summed E-state index contributed by atoms with van der Waals surface area (Å²) in [6.45, 7) is 2.90. The van der Waals surface area contributed by atoms with Crippen molar-refractivity contribution in [3.05, 3.63) is 23.8 Å². The van der Waals surface area contributed by atoms with Gasteiger partial charge >= 0.3 is 7.12 Å². The van der Waals surface area contributed by atoms with Crippen molar-refractivity contribution >= 4 is 24.2 Å². The lowest BCUT2D eigenvalue weighted by Crippen LogP contribution is -2.33. The second kappa shape index (κ2) is 5.11. The number of hydrogen-bond donors (Lipinski definition) is 4. The first-order chi connectivity index (χ1) is 7.41. The summed E-state index contributed by atoms with van der Waals surface area (Å²) in [6, 6.07) is 4.58. The van der Waals surface area contributed by atoms with Crippen LogP contribution in [0.4, 0.5) is 5.69 Å². The van der Waals surface area contributed by atoms with E-state index in [4.69, 9.17) is 10.0 Å². The lowest BCUT2D eigenvalue weighted by atomic mass is 9.77. The molecule has 0 saturated carbocycles. The molecule has 6 heteroatoms. The molecular formula is C10H14BNO4. The summed E-state index contributed by atoms with van der Waals surface area (Å²) in [5.74, 6) is -0.299. The fraction of sp³-hybridized carbons (Fsp3) is 0.300. The minimum absolute atomic E-state index is 0.161. The third kappa shape index (κ3) is 3.06. The molecular weight excluding hydrogens is 209 g/mol. The van der Waals surface area contributed by atoms with Crippen LogP contribution in [0.2, 0.25) is 0 Å². The number of anilines is 1. The topological polar surface area (TPSA) is 89.8 Å². The van der Waals surface area contributed by atoms with Gasteiger partial charge in [0.25, 0.3) is 0 Å². The highest BCUT2D eigenvalue weighted by atomic mass is 16.4. The molecule has 0 aromatic heterocycles. The van der Waals surface area contributed by atoms with E-state index in [2.05, 4.69) is 5.32 Å². The predicted molar refractivity (Wildman–Crippen MR) is 61.2 cm³/mol. The molecule has 1 unspecified atom stereocenters. The number of benzene rings is 1. The number of aliphatic hydroxyl groups excluding tert-OH is 1. The first-order valence-electron chi connectivity index (χ1n) is 4.87. The van der Waals surface area contributed by atoms with Crippen LogP contribution >= 0.6 is 0 Å². The van der Waals surface area contributed by atoms with Gasteiger partial charge < -0.3 is 20.5 Å². The van der Waals surface area contributed by atoms with Crippen molar-refractivity contribution in [3.8, 4) is 0 Å². The molecule has 0 aliphatic heterocycles. The number of carbonyl (C=O) groups excluding carboxylic acids is 1. The Bertz CT molecular complexity index is 392. The van der Waals surface area contributed by atoms with E-state index >= 15 is 0 Å². The summed E-state index contributed by atoms with van der Waals surface area (Å²) in [5.41, 5.74) is 1.04. The average molecular weight is 223 g/mol. The molecule has 1 aromatic rings. The molecule has 1 rings (SSSR count). The zero-order valence-electron chi connectivity index (χ0n) is 9.14. The van der Waals surface area contributed by atoms with Gasteiger partial charge in [0.1, 0.15) is 0 Å². The molecule has 0 saturated heterocycles. The molecule has 1 atom stereocenters. The van der Waals surface area contributed by atoms with E-state index in [0.717, 1.165) is 0 Å². The number of amides is 1. The van der Waals surface area contributed by atoms with Crippen LogP contribution in [0.5, 0.6) is 0 Å². The molecule has 86 valence electrons. The van der Waals surface area contributed by atoms with Crippen LogP contribution in [0.15, 0.2) is 18.2 Å². The Morgan fingerprint density at radius 1 is 1.44 bits per heavy atom. The van der Waals surface area contributed by atoms with Crippen molar-refractivity contribution in [3.63, 3.8) is 0 Å². The van der Waals surface area contributed by atoms with Crippen molar-refractivity contribution in [1.82, 2.24) is 0 Å². The summed E-state index contributed by atoms with van der Waals surface area (Å²) < 4.78 is 0. The largest absolute Gasteiger partial charge is 0.490 e. The molecule has 0 bridgehead atoms. The van der Waals surface area contributed by atoms with Gasteiger partial charge in [-0.1, -0.05) is 12.1 Å². The van der Waals surface area contributed by atoms with Crippen LogP contribution < -0.4 is 10.8 Å². The molecule has 1 amide bonds. The zero-order valence-corrected chi connectivity index (χ0v) is 9.14. The van der Waals surface area contributed by atoms with Gasteiger partial charge in [0.05, 0.1) is 6.10 Å². The Kier molecular flexibility index (Phi) is 4.06. The highest BCUT2D eigenvalue weighted by Crippen LogP contribution is 2.14. The highest BCUT2D eigenvalue weighted by molar-refractivity contribution is 6.60. The summed E-state index contributed by atoms with van der Waals surface area (Å²) in [6.07, 6.45) is -0.705. The molecule has 0 fully saturated rings. The number of carbonyl (C=O) groups is 1. The second-order valence-electron chi connectivity index (χ2n) is 3.58. The average Bonchev–Trinajstić information content (AvgIpc) is 2.16. The minimum Gasteiger partial charge on any atom is -0.423 e. The van der Waals surface area contributed by atoms with Crippen LogP contribution in [0.1, 0.15) is 25.5 Å². The maximum atomic E-state index is 10.9. The van der Waals surface area contributed by atoms with Crippen molar-refractivity contribution in [2.75, 3.05) is 5.32 Å². The van der Waals surface area contributed by atoms with Crippen LogP contribution in [-0.2, 0) is 4.79 Å². The van der Waals surface area contributed by atoms with Gasteiger partial charge in [-0.2, -0.15) is 0 Å². The Labute approximate surface area is 93.9 Å². The lowest BCUT2D eigenvalue weighted by Gasteiger charge is -2.12. The minimum atomic E-state index is -1.69. The third-order valence-electron chi connectivity index (χ3n) is 2.15. The van der Waals surface area contributed by atoms with E-state index in [-0.39, 0.29) is 11.4 Å². The SMILES string of the molecule is CC(=O)Nc1ccc(C(C)O)cc1B(O)O. The van der Waals surface area contributed by atoms with Crippen molar-refractivity contribution < 1.29 is 19.9 Å². The molecule has 0 heterocycles. The zero-order chi connectivity index (χ0) is 12.3. The predicted octanol–water partition coefficient (Wildman–Crippen LogP) is -0.622. The number of hydrogen-bond acceptors (Lipinski definition) is 4. The number of aliphatic hydroxyl groups is 1. The number of nitrogens with one attached hydrogen (secondary N) is 1. The van der Waals surface area contributed by atoms with Gasteiger partial charge in [-0.15, -0.1) is 0 Å². The maximum absolute atomic E-state index is 10.9. The first kappa shape index (κ1) is 12.7. The Balaban J connectivity index is 3.14. The molecule has 4 N–H and O–H groups in total. The van der Waals surface area contributed by atoms with E-state index in [1.807, 2.05) is 0 Å². The van der Waals surface area contributed by atoms with Crippen molar-refractivity contribution in [1.29, 1.82) is 0 Å². The molecule has 0 aliphatic rings. The quantitative estimate of drug-likeness (QED) is 0.514. The molecule has 0 aliphatic carbocycles. The summed E-state index contributed by atoms with van der Waals surface area (Å²) in [4.78, 5) is 10.9. The molecule has 1 aromatic carbocycles. The van der Waals surface area contributed by atoms with Gasteiger partial charge in [0.15, 0.2) is 0 Å². The smallest absolute Gasteiger partial charge is 0.423 e. The Hall–Kier alpha value is -1.37. The number of rotatable bonds is 3. The molecule has 0 spiro atoms. The van der Waals surface area contributed by atoms with Gasteiger partial charge in [0, 0.05) is 18.1 Å². The molecule has 0 radical (unpaired) electrons. The van der Waals surface area contributed by atoms with Gasteiger partial charge in [-0.25, -0.2) is 0 Å². The molecule has 16 heavy (non-hydrogen) atoms. The monoisotopic (exact) mass is 223 g/mol. The van der Waals surface area contributed by atoms with E-state index in [9.17, 15) is 9.90 Å². The maximum Gasteiger partial charge on any atom is 0.490 e. The Morgan fingerprint density at radius 3 is 2.50 bits per heavy atom. The fourth-order valence-electron chi connectivity index (χ4n) is 1.36. The van der Waals surface area contributed by atoms with Crippen molar-refractivity contribution in [2.24, 2.45) is 0 Å². The van der Waals surface area contributed by atoms with Crippen molar-refractivity contribution in [2.45, 2.75) is 20.0 Å². The van der Waals surface area contributed by atoms with Crippen LogP contribution in [0.3, 0.4) is 0 Å². The summed E-state index contributed by atoms with van der Waals surface area (Å²) in [7, 11) is -1.69. The molecule has 5 nitrogen and oxygen atoms in total. The van der Waals surface area contributed by atoms with E-state index < -0.39 is 13.2 Å². The summed E-state index contributed by atoms with van der Waals surface area (Å²) >= 11 is 0.